The minimum Gasteiger partial charge on any atom is -0.486 e. The lowest BCUT2D eigenvalue weighted by Crippen LogP contribution is -2.44. The smallest absolute Gasteiger partial charge is 0.253 e. The molecule has 0 amide bonds. The molecule has 0 bridgehead atoms. The number of nitrogens with one attached hydrogen (secondary N) is 2. The zero-order valence-electron chi connectivity index (χ0n) is 17.1. The normalized spacial score (nSPS) is 17.8. The molecule has 0 spiro atoms. The van der Waals surface area contributed by atoms with E-state index in [1.807, 2.05) is 23.1 Å². The van der Waals surface area contributed by atoms with Crippen LogP contribution in [0.15, 0.2) is 23.0 Å². The Labute approximate surface area is 180 Å². The molecule has 2 aliphatic heterocycles. The van der Waals surface area contributed by atoms with E-state index in [4.69, 9.17) is 31.2 Å². The van der Waals surface area contributed by atoms with Crippen molar-refractivity contribution in [2.24, 2.45) is 0 Å². The Bertz CT molecular complexity index is 958. The predicted molar refractivity (Wildman–Crippen MR) is 117 cm³/mol. The molecule has 4 rings (SSSR count). The highest BCUT2D eigenvalue weighted by molar-refractivity contribution is 7.80. The molecule has 2 aliphatic rings. The summed E-state index contributed by atoms with van der Waals surface area (Å²) >= 11 is 5.60. The van der Waals surface area contributed by atoms with Crippen molar-refractivity contribution in [1.29, 1.82) is 0 Å². The number of thiocarbonyl (C=S) groups is 1. The average Bonchev–Trinajstić information content (AvgIpc) is 3.25. The highest BCUT2D eigenvalue weighted by Crippen LogP contribution is 2.33. The predicted octanol–water partition coefficient (Wildman–Crippen LogP) is 1.80. The lowest BCUT2D eigenvalue weighted by Gasteiger charge is -2.28. The van der Waals surface area contributed by atoms with Gasteiger partial charge in [-0.2, -0.15) is 0 Å². The number of hydrogen-bond donors (Lipinski definition) is 2. The van der Waals surface area contributed by atoms with Gasteiger partial charge in [-0.05, 0) is 37.2 Å². The molecule has 1 aromatic carbocycles. The van der Waals surface area contributed by atoms with Crippen LogP contribution in [0.5, 0.6) is 11.5 Å². The van der Waals surface area contributed by atoms with Gasteiger partial charge in [-0.15, -0.1) is 0 Å². The fourth-order valence-electron chi connectivity index (χ4n) is 3.74. The Morgan fingerprint density at radius 3 is 2.80 bits per heavy atom. The molecule has 9 heteroatoms. The number of aromatic amines is 1. The number of H-pyrrole nitrogens is 1. The Kier molecular flexibility index (Phi) is 6.71. The molecule has 3 heterocycles. The molecular formula is C21H27N3O5S. The summed E-state index contributed by atoms with van der Waals surface area (Å²) in [5.74, 6) is 1.35. The third-order valence-corrected chi connectivity index (χ3v) is 5.67. The molecule has 2 aromatic rings. The maximum absolute atomic E-state index is 12.8. The van der Waals surface area contributed by atoms with E-state index in [0.717, 1.165) is 30.4 Å². The van der Waals surface area contributed by atoms with E-state index in [9.17, 15) is 4.79 Å². The van der Waals surface area contributed by atoms with Crippen LogP contribution in [0.1, 0.15) is 18.4 Å². The SMILES string of the molecule is COCCNC(=S)N(Cc1cc2cc3c(cc2[nH]c1=O)OCCO3)C[C@H]1CCCO1. The first-order valence-corrected chi connectivity index (χ1v) is 10.6. The van der Waals surface area contributed by atoms with Crippen molar-refractivity contribution in [2.75, 3.05) is 46.6 Å². The van der Waals surface area contributed by atoms with Crippen LogP contribution in [-0.4, -0.2) is 67.7 Å². The van der Waals surface area contributed by atoms with Crippen LogP contribution in [0.2, 0.25) is 0 Å². The fourth-order valence-corrected chi connectivity index (χ4v) is 3.98. The molecule has 0 radical (unpaired) electrons. The number of rotatable bonds is 7. The topological polar surface area (TPSA) is 85.1 Å². The number of fused-ring (bicyclic) bond motifs is 2. The average molecular weight is 434 g/mol. The molecule has 0 saturated carbocycles. The van der Waals surface area contributed by atoms with Crippen molar-refractivity contribution < 1.29 is 18.9 Å². The Morgan fingerprint density at radius 1 is 1.27 bits per heavy atom. The van der Waals surface area contributed by atoms with Gasteiger partial charge in [0.2, 0.25) is 0 Å². The maximum Gasteiger partial charge on any atom is 0.253 e. The van der Waals surface area contributed by atoms with Gasteiger partial charge < -0.3 is 34.1 Å². The Balaban J connectivity index is 1.57. The van der Waals surface area contributed by atoms with Gasteiger partial charge in [0.05, 0.1) is 24.8 Å². The zero-order chi connectivity index (χ0) is 20.9. The molecular weight excluding hydrogens is 406 g/mol. The van der Waals surface area contributed by atoms with Gasteiger partial charge in [0.1, 0.15) is 13.2 Å². The summed E-state index contributed by atoms with van der Waals surface area (Å²) in [5.41, 5.74) is 1.21. The van der Waals surface area contributed by atoms with Crippen molar-refractivity contribution in [1.82, 2.24) is 15.2 Å². The monoisotopic (exact) mass is 433 g/mol. The first-order chi connectivity index (χ1) is 14.6. The van der Waals surface area contributed by atoms with Crippen LogP contribution in [-0.2, 0) is 16.0 Å². The third kappa shape index (κ3) is 4.85. The molecule has 30 heavy (non-hydrogen) atoms. The summed E-state index contributed by atoms with van der Waals surface area (Å²) in [5, 5.41) is 4.68. The summed E-state index contributed by atoms with van der Waals surface area (Å²) in [4.78, 5) is 17.7. The summed E-state index contributed by atoms with van der Waals surface area (Å²) in [7, 11) is 1.65. The van der Waals surface area contributed by atoms with Gasteiger partial charge in [-0.1, -0.05) is 0 Å². The summed E-state index contributed by atoms with van der Waals surface area (Å²) in [6, 6.07) is 5.62. The van der Waals surface area contributed by atoms with E-state index in [-0.39, 0.29) is 11.7 Å². The van der Waals surface area contributed by atoms with Crippen LogP contribution in [0, 0.1) is 0 Å². The molecule has 1 atom stereocenters. The van der Waals surface area contributed by atoms with Gasteiger partial charge in [0.25, 0.3) is 5.56 Å². The third-order valence-electron chi connectivity index (χ3n) is 5.26. The van der Waals surface area contributed by atoms with Crippen LogP contribution < -0.4 is 20.3 Å². The van der Waals surface area contributed by atoms with Gasteiger partial charge in [-0.25, -0.2) is 0 Å². The van der Waals surface area contributed by atoms with Crippen molar-refractivity contribution in [3.63, 3.8) is 0 Å². The second kappa shape index (κ2) is 9.63. The molecule has 0 aliphatic carbocycles. The van der Waals surface area contributed by atoms with Crippen LogP contribution >= 0.6 is 12.2 Å². The first kappa shape index (κ1) is 20.9. The summed E-state index contributed by atoms with van der Waals surface area (Å²) < 4.78 is 22.2. The van der Waals surface area contributed by atoms with Crippen molar-refractivity contribution in [3.05, 3.63) is 34.1 Å². The minimum absolute atomic E-state index is 0.115. The first-order valence-electron chi connectivity index (χ1n) is 10.2. The van der Waals surface area contributed by atoms with E-state index >= 15 is 0 Å². The molecule has 1 saturated heterocycles. The number of pyridine rings is 1. The second-order valence-corrected chi connectivity index (χ2v) is 7.83. The van der Waals surface area contributed by atoms with Gasteiger partial charge >= 0.3 is 0 Å². The molecule has 0 unspecified atom stereocenters. The largest absolute Gasteiger partial charge is 0.486 e. The standard InChI is InChI=1S/C21H27N3O5S/c1-26-6-4-22-21(30)24(13-16-3-2-5-27-16)12-15-9-14-10-18-19(29-8-7-28-18)11-17(14)23-20(15)25/h9-11,16H,2-8,12-13H2,1H3,(H,22,30)(H,23,25)/t16-/m1/s1. The number of ether oxygens (including phenoxy) is 4. The van der Waals surface area contributed by atoms with E-state index in [1.54, 1.807) is 7.11 Å². The summed E-state index contributed by atoms with van der Waals surface area (Å²) in [6.45, 7) is 3.98. The number of nitrogens with zero attached hydrogens (tertiary/aromatic N) is 1. The maximum atomic E-state index is 12.8. The highest BCUT2D eigenvalue weighted by atomic mass is 32.1. The van der Waals surface area contributed by atoms with E-state index in [0.29, 0.717) is 61.6 Å². The quantitative estimate of drug-likeness (QED) is 0.505. The molecule has 8 nitrogen and oxygen atoms in total. The van der Waals surface area contributed by atoms with Gasteiger partial charge in [-0.3, -0.25) is 4.79 Å². The lowest BCUT2D eigenvalue weighted by atomic mass is 10.1. The van der Waals surface area contributed by atoms with Crippen LogP contribution in [0.4, 0.5) is 0 Å². The van der Waals surface area contributed by atoms with E-state index in [2.05, 4.69) is 10.3 Å². The second-order valence-electron chi connectivity index (χ2n) is 7.45. The molecule has 2 N–H and O–H groups in total. The van der Waals surface area contributed by atoms with E-state index < -0.39 is 0 Å². The zero-order valence-corrected chi connectivity index (χ0v) is 17.9. The number of aromatic nitrogens is 1. The fraction of sp³-hybridized carbons (Fsp3) is 0.524. The molecule has 1 aromatic heterocycles. The van der Waals surface area contributed by atoms with Crippen molar-refractivity contribution in [3.8, 4) is 11.5 Å². The van der Waals surface area contributed by atoms with E-state index in [1.165, 1.54) is 0 Å². The minimum atomic E-state index is -0.142. The van der Waals surface area contributed by atoms with Crippen molar-refractivity contribution in [2.45, 2.75) is 25.5 Å². The Morgan fingerprint density at radius 2 is 2.07 bits per heavy atom. The summed E-state index contributed by atoms with van der Waals surface area (Å²) in [6.07, 6.45) is 2.16. The van der Waals surface area contributed by atoms with Crippen molar-refractivity contribution >= 4 is 28.2 Å². The lowest BCUT2D eigenvalue weighted by molar-refractivity contribution is 0.0895. The molecule has 1 fully saturated rings. The highest BCUT2D eigenvalue weighted by Gasteiger charge is 2.22. The number of methoxy groups -OCH3 is 1. The Hall–Kier alpha value is -2.36. The number of hydrogen-bond acceptors (Lipinski definition) is 6. The van der Waals surface area contributed by atoms with Crippen LogP contribution in [0.25, 0.3) is 10.9 Å². The van der Waals surface area contributed by atoms with Gasteiger partial charge in [0, 0.05) is 43.8 Å². The van der Waals surface area contributed by atoms with Gasteiger partial charge in [0.15, 0.2) is 16.6 Å². The molecule has 162 valence electrons. The van der Waals surface area contributed by atoms with Crippen LogP contribution in [0.3, 0.4) is 0 Å². The number of benzene rings is 1.